The third kappa shape index (κ3) is 3.54. The van der Waals surface area contributed by atoms with Crippen molar-refractivity contribution >= 4 is 33.7 Å². The highest BCUT2D eigenvalue weighted by atomic mass is 79.9. The van der Waals surface area contributed by atoms with Gasteiger partial charge in [-0.2, -0.15) is 0 Å². The molecule has 0 amide bonds. The summed E-state index contributed by atoms with van der Waals surface area (Å²) in [5.74, 6) is 0.403. The summed E-state index contributed by atoms with van der Waals surface area (Å²) in [7, 11) is 0. The minimum atomic E-state index is -0.988. The zero-order valence-corrected chi connectivity index (χ0v) is 11.5. The average molecular weight is 308 g/mol. The summed E-state index contributed by atoms with van der Waals surface area (Å²) in [6.45, 7) is 3.63. The van der Waals surface area contributed by atoms with Crippen LogP contribution >= 0.6 is 27.7 Å². The van der Waals surface area contributed by atoms with Gasteiger partial charge in [-0.15, -0.1) is 11.8 Å². The van der Waals surface area contributed by atoms with Gasteiger partial charge in [-0.25, -0.2) is 0 Å². The van der Waals surface area contributed by atoms with Crippen LogP contribution in [0.25, 0.3) is 0 Å². The number of rotatable bonds is 5. The van der Waals surface area contributed by atoms with Gasteiger partial charge < -0.3 is 15.3 Å². The molecule has 1 atom stereocenters. The Kier molecular flexibility index (Phi) is 4.46. The van der Waals surface area contributed by atoms with Crippen molar-refractivity contribution in [3.63, 3.8) is 0 Å². The van der Waals surface area contributed by atoms with E-state index in [1.807, 2.05) is 19.9 Å². The maximum absolute atomic E-state index is 10.8. The molecule has 90 valence electrons. The molecule has 0 aliphatic rings. The quantitative estimate of drug-likeness (QED) is 0.874. The molecule has 0 unspecified atom stereocenters. The number of hydrogen-bond acceptors (Lipinski definition) is 4. The molecule has 1 rings (SSSR count). The minimum absolute atomic E-state index is 0.537. The Balaban J connectivity index is 2.57. The number of thioether (sulfide) groups is 1. The van der Waals surface area contributed by atoms with Crippen molar-refractivity contribution in [3.8, 4) is 0 Å². The summed E-state index contributed by atoms with van der Waals surface area (Å²) in [6, 6.07) is 2.76. The molecule has 0 aliphatic carbocycles. The lowest BCUT2D eigenvalue weighted by molar-refractivity contribution is -0.139. The van der Waals surface area contributed by atoms with E-state index in [9.17, 15) is 4.79 Å². The second-order valence-electron chi connectivity index (χ2n) is 3.91. The van der Waals surface area contributed by atoms with E-state index in [1.54, 1.807) is 6.07 Å². The lowest BCUT2D eigenvalue weighted by Crippen LogP contribution is -2.46. The van der Waals surface area contributed by atoms with Crippen LogP contribution in [0.3, 0.4) is 0 Å². The van der Waals surface area contributed by atoms with Crippen LogP contribution < -0.4 is 5.73 Å². The molecule has 4 nitrogen and oxygen atoms in total. The van der Waals surface area contributed by atoms with Crippen molar-refractivity contribution in [1.82, 2.24) is 0 Å². The summed E-state index contributed by atoms with van der Waals surface area (Å²) in [5, 5.41) is 8.85. The van der Waals surface area contributed by atoms with Crippen LogP contribution in [0.2, 0.25) is 0 Å². The van der Waals surface area contributed by atoms with Crippen LogP contribution in [0.4, 0.5) is 0 Å². The first-order valence-corrected chi connectivity index (χ1v) is 6.47. The summed E-state index contributed by atoms with van der Waals surface area (Å²) in [6.07, 6.45) is 0. The zero-order chi connectivity index (χ0) is 12.3. The van der Waals surface area contributed by atoms with Crippen LogP contribution in [0.15, 0.2) is 21.2 Å². The van der Waals surface area contributed by atoms with Crippen molar-refractivity contribution in [2.75, 3.05) is 0 Å². The number of carboxylic acid groups (broad SMARTS) is 1. The van der Waals surface area contributed by atoms with Gasteiger partial charge in [0.25, 0.3) is 0 Å². The standard InChI is InChI=1S/C10H14BrNO3S/c1-10(2,8(12)9(13)14)16-5-6-3-4-7(11)15-6/h3-4,8H,5,12H2,1-2H3,(H,13,14)/t8-/m1/s1. The first kappa shape index (κ1) is 13.6. The van der Waals surface area contributed by atoms with Gasteiger partial charge in [-0.1, -0.05) is 0 Å². The molecule has 3 N–H and O–H groups in total. The van der Waals surface area contributed by atoms with Gasteiger partial charge in [0.1, 0.15) is 11.8 Å². The molecular formula is C10H14BrNO3S. The van der Waals surface area contributed by atoms with E-state index in [4.69, 9.17) is 15.3 Å². The molecule has 6 heteroatoms. The van der Waals surface area contributed by atoms with Gasteiger partial charge >= 0.3 is 5.97 Å². The molecule has 0 fully saturated rings. The Bertz CT molecular complexity index is 378. The van der Waals surface area contributed by atoms with Crippen molar-refractivity contribution in [2.45, 2.75) is 30.4 Å². The van der Waals surface area contributed by atoms with E-state index < -0.39 is 16.8 Å². The summed E-state index contributed by atoms with van der Waals surface area (Å²) >= 11 is 4.67. The largest absolute Gasteiger partial charge is 0.480 e. The fraction of sp³-hybridized carbons (Fsp3) is 0.500. The lowest BCUT2D eigenvalue weighted by atomic mass is 10.1. The van der Waals surface area contributed by atoms with Crippen molar-refractivity contribution in [1.29, 1.82) is 0 Å². The molecule has 16 heavy (non-hydrogen) atoms. The average Bonchev–Trinajstić information content (AvgIpc) is 2.60. The second kappa shape index (κ2) is 5.25. The number of furan rings is 1. The fourth-order valence-electron chi connectivity index (χ4n) is 1.07. The first-order valence-electron chi connectivity index (χ1n) is 4.69. The Labute approximate surface area is 107 Å². The highest BCUT2D eigenvalue weighted by molar-refractivity contribution is 9.10. The normalized spacial score (nSPS) is 13.8. The molecular weight excluding hydrogens is 294 g/mol. The summed E-state index contributed by atoms with van der Waals surface area (Å²) in [5.41, 5.74) is 5.60. The molecule has 1 aromatic rings. The molecule has 0 radical (unpaired) electrons. The Hall–Kier alpha value is -0.460. The Morgan fingerprint density at radius 3 is 2.75 bits per heavy atom. The number of aliphatic carboxylic acids is 1. The number of halogens is 1. The van der Waals surface area contributed by atoms with Crippen molar-refractivity contribution in [3.05, 3.63) is 22.6 Å². The Morgan fingerprint density at radius 2 is 2.31 bits per heavy atom. The van der Waals surface area contributed by atoms with Crippen LogP contribution in [-0.2, 0) is 10.5 Å². The van der Waals surface area contributed by atoms with Crippen molar-refractivity contribution < 1.29 is 14.3 Å². The van der Waals surface area contributed by atoms with Gasteiger partial charge in [0.05, 0.1) is 5.75 Å². The topological polar surface area (TPSA) is 76.5 Å². The minimum Gasteiger partial charge on any atom is -0.480 e. The van der Waals surface area contributed by atoms with Crippen molar-refractivity contribution in [2.24, 2.45) is 5.73 Å². The molecule has 0 spiro atoms. The highest BCUT2D eigenvalue weighted by Gasteiger charge is 2.32. The Morgan fingerprint density at radius 1 is 1.69 bits per heavy atom. The second-order valence-corrected chi connectivity index (χ2v) is 6.32. The molecule has 0 bridgehead atoms. The van der Waals surface area contributed by atoms with E-state index in [1.165, 1.54) is 11.8 Å². The van der Waals surface area contributed by atoms with Gasteiger partial charge in [-0.3, -0.25) is 4.79 Å². The van der Waals surface area contributed by atoms with E-state index in [0.717, 1.165) is 5.76 Å². The van der Waals surface area contributed by atoms with Crippen LogP contribution in [0, 0.1) is 0 Å². The van der Waals surface area contributed by atoms with Gasteiger partial charge in [0.15, 0.2) is 4.67 Å². The lowest BCUT2D eigenvalue weighted by Gasteiger charge is -2.27. The van der Waals surface area contributed by atoms with E-state index in [-0.39, 0.29) is 0 Å². The van der Waals surface area contributed by atoms with E-state index >= 15 is 0 Å². The molecule has 0 aliphatic heterocycles. The number of carbonyl (C=O) groups is 1. The number of hydrogen-bond donors (Lipinski definition) is 2. The molecule has 0 saturated heterocycles. The van der Waals surface area contributed by atoms with Gasteiger partial charge in [0.2, 0.25) is 0 Å². The van der Waals surface area contributed by atoms with Gasteiger partial charge in [0, 0.05) is 4.75 Å². The molecule has 0 aromatic carbocycles. The van der Waals surface area contributed by atoms with Crippen LogP contribution in [0.1, 0.15) is 19.6 Å². The predicted octanol–water partition coefficient (Wildman–Crippen LogP) is 2.47. The van der Waals surface area contributed by atoms with Crippen LogP contribution in [-0.4, -0.2) is 21.9 Å². The third-order valence-electron chi connectivity index (χ3n) is 2.23. The molecule has 1 aromatic heterocycles. The zero-order valence-electron chi connectivity index (χ0n) is 9.07. The van der Waals surface area contributed by atoms with Crippen LogP contribution in [0.5, 0.6) is 0 Å². The monoisotopic (exact) mass is 307 g/mol. The predicted molar refractivity (Wildman–Crippen MR) is 67.4 cm³/mol. The third-order valence-corrected chi connectivity index (χ3v) is 4.08. The highest BCUT2D eigenvalue weighted by Crippen LogP contribution is 2.31. The van der Waals surface area contributed by atoms with Gasteiger partial charge in [-0.05, 0) is 41.9 Å². The number of nitrogens with two attached hydrogens (primary N) is 1. The SMILES string of the molecule is CC(C)(SCc1ccc(Br)o1)[C@H](N)C(=O)O. The molecule has 1 heterocycles. The maximum atomic E-state index is 10.8. The summed E-state index contributed by atoms with van der Waals surface area (Å²) in [4.78, 5) is 10.8. The smallest absolute Gasteiger partial charge is 0.321 e. The molecule has 0 saturated carbocycles. The van der Waals surface area contributed by atoms with E-state index in [0.29, 0.717) is 10.4 Å². The number of carboxylic acids is 1. The fourth-order valence-corrected chi connectivity index (χ4v) is 2.36. The first-order chi connectivity index (χ1) is 7.33. The van der Waals surface area contributed by atoms with E-state index in [2.05, 4.69) is 15.9 Å². The summed E-state index contributed by atoms with van der Waals surface area (Å²) < 4.78 is 5.46. The maximum Gasteiger partial charge on any atom is 0.321 e.